The Morgan fingerprint density at radius 2 is 2.05 bits per heavy atom. The monoisotopic (exact) mass is 304 g/mol. The van der Waals surface area contributed by atoms with Crippen molar-refractivity contribution < 1.29 is 23.1 Å². The van der Waals surface area contributed by atoms with E-state index in [1.165, 1.54) is 23.9 Å². The smallest absolute Gasteiger partial charge is 0.422 e. The Kier molecular flexibility index (Phi) is 4.55. The molecule has 0 aliphatic rings. The molecule has 0 aliphatic heterocycles. The zero-order chi connectivity index (χ0) is 15.6. The second-order valence-electron chi connectivity index (χ2n) is 4.05. The third kappa shape index (κ3) is 2.82. The molecule has 0 spiro atoms. The molecule has 0 fully saturated rings. The summed E-state index contributed by atoms with van der Waals surface area (Å²) in [5.74, 6) is -2.07. The number of carbonyl (C=O) groups is 1. The van der Waals surface area contributed by atoms with Crippen molar-refractivity contribution in [2.75, 3.05) is 11.6 Å². The predicted molar refractivity (Wildman–Crippen MR) is 68.7 cm³/mol. The first-order valence-corrected chi connectivity index (χ1v) is 6.55. The maximum atomic E-state index is 12.9. The Morgan fingerprint density at radius 1 is 1.45 bits per heavy atom. The van der Waals surface area contributed by atoms with Crippen LogP contribution in [0.3, 0.4) is 0 Å². The van der Waals surface area contributed by atoms with Crippen LogP contribution in [-0.4, -0.2) is 29.0 Å². The zero-order valence-corrected chi connectivity index (χ0v) is 11.4. The summed E-state index contributed by atoms with van der Waals surface area (Å²) in [5.41, 5.74) is -3.35. The molecule has 0 radical (unpaired) electrons. The molecule has 0 amide bonds. The van der Waals surface area contributed by atoms with Gasteiger partial charge in [-0.25, -0.2) is 4.79 Å². The number of hydrogen-bond donors (Lipinski definition) is 2. The summed E-state index contributed by atoms with van der Waals surface area (Å²) in [7, 11) is 0. The van der Waals surface area contributed by atoms with Gasteiger partial charge in [-0.2, -0.15) is 18.4 Å². The van der Waals surface area contributed by atoms with Crippen molar-refractivity contribution in [3.8, 4) is 6.07 Å². The van der Waals surface area contributed by atoms with E-state index in [2.05, 4.69) is 0 Å². The number of carboxylic acids is 1. The molecule has 0 bridgehead atoms. The Labute approximate surface area is 117 Å². The van der Waals surface area contributed by atoms with E-state index >= 15 is 0 Å². The summed E-state index contributed by atoms with van der Waals surface area (Å²) in [4.78, 5) is 11.4. The standard InChI is InChI=1S/C12H11F3N2O2S/c1-11(10(18)19,12(13,14)15)17-8-4-3-5-9(20-2)7(8)6-16/h3-5,17H,1-2H3,(H,18,19). The number of rotatable bonds is 4. The van der Waals surface area contributed by atoms with Crippen molar-refractivity contribution >= 4 is 23.4 Å². The topological polar surface area (TPSA) is 73.1 Å². The minimum atomic E-state index is -5.01. The van der Waals surface area contributed by atoms with Crippen LogP contribution in [0.15, 0.2) is 23.1 Å². The number of hydrogen-bond acceptors (Lipinski definition) is 4. The maximum absolute atomic E-state index is 12.9. The van der Waals surface area contributed by atoms with Gasteiger partial charge in [-0.1, -0.05) is 6.07 Å². The van der Waals surface area contributed by atoms with E-state index in [-0.39, 0.29) is 11.3 Å². The molecule has 0 heterocycles. The normalized spacial score (nSPS) is 14.2. The van der Waals surface area contributed by atoms with E-state index in [9.17, 15) is 18.0 Å². The highest BCUT2D eigenvalue weighted by atomic mass is 32.2. The van der Waals surface area contributed by atoms with Gasteiger partial charge < -0.3 is 10.4 Å². The Bertz CT molecular complexity index is 569. The summed E-state index contributed by atoms with van der Waals surface area (Å²) in [6.45, 7) is 0.516. The van der Waals surface area contributed by atoms with E-state index in [0.29, 0.717) is 11.8 Å². The van der Waals surface area contributed by atoms with Crippen LogP contribution in [0.4, 0.5) is 18.9 Å². The van der Waals surface area contributed by atoms with Crippen molar-refractivity contribution in [2.45, 2.75) is 23.5 Å². The maximum Gasteiger partial charge on any atom is 0.422 e. The molecule has 0 aromatic heterocycles. The lowest BCUT2D eigenvalue weighted by Gasteiger charge is -2.30. The molecule has 108 valence electrons. The molecule has 0 saturated carbocycles. The average molecular weight is 304 g/mol. The second kappa shape index (κ2) is 5.63. The Morgan fingerprint density at radius 3 is 2.45 bits per heavy atom. The number of alkyl halides is 3. The van der Waals surface area contributed by atoms with Gasteiger partial charge in [-0.15, -0.1) is 11.8 Å². The van der Waals surface area contributed by atoms with Gasteiger partial charge in [0.05, 0.1) is 11.3 Å². The number of anilines is 1. The third-order valence-electron chi connectivity index (χ3n) is 2.74. The molecule has 20 heavy (non-hydrogen) atoms. The summed E-state index contributed by atoms with van der Waals surface area (Å²) in [6, 6.07) is 6.05. The highest BCUT2D eigenvalue weighted by Crippen LogP contribution is 2.36. The molecule has 2 N–H and O–H groups in total. The van der Waals surface area contributed by atoms with E-state index in [1.807, 2.05) is 5.32 Å². The summed E-state index contributed by atoms with van der Waals surface area (Å²) < 4.78 is 38.8. The average Bonchev–Trinajstić information content (AvgIpc) is 2.36. The van der Waals surface area contributed by atoms with Crippen LogP contribution < -0.4 is 5.32 Å². The van der Waals surface area contributed by atoms with E-state index in [0.717, 1.165) is 0 Å². The van der Waals surface area contributed by atoms with Gasteiger partial charge in [0.15, 0.2) is 0 Å². The lowest BCUT2D eigenvalue weighted by molar-refractivity contribution is -0.192. The highest BCUT2D eigenvalue weighted by Gasteiger charge is 2.57. The predicted octanol–water partition coefficient (Wildman–Crippen LogP) is 3.10. The molecule has 1 unspecified atom stereocenters. The first-order valence-electron chi connectivity index (χ1n) is 5.32. The first kappa shape index (κ1) is 16.2. The second-order valence-corrected chi connectivity index (χ2v) is 4.90. The minimum absolute atomic E-state index is 0.0169. The third-order valence-corrected chi connectivity index (χ3v) is 3.52. The van der Waals surface area contributed by atoms with Gasteiger partial charge in [-0.05, 0) is 25.3 Å². The van der Waals surface area contributed by atoms with Crippen molar-refractivity contribution in [3.63, 3.8) is 0 Å². The van der Waals surface area contributed by atoms with Crippen molar-refractivity contribution in [2.24, 2.45) is 0 Å². The number of nitrogens with one attached hydrogen (secondary N) is 1. The van der Waals surface area contributed by atoms with Gasteiger partial charge >= 0.3 is 12.1 Å². The number of benzene rings is 1. The van der Waals surface area contributed by atoms with Crippen LogP contribution in [0.5, 0.6) is 0 Å². The molecule has 0 saturated heterocycles. The molecule has 0 aliphatic carbocycles. The largest absolute Gasteiger partial charge is 0.479 e. The van der Waals surface area contributed by atoms with Crippen LogP contribution >= 0.6 is 11.8 Å². The van der Waals surface area contributed by atoms with E-state index < -0.39 is 17.7 Å². The molecule has 1 aromatic carbocycles. The number of nitrogens with zero attached hydrogens (tertiary/aromatic N) is 1. The summed E-state index contributed by atoms with van der Waals surface area (Å²) in [5, 5.41) is 19.8. The van der Waals surface area contributed by atoms with Crippen LogP contribution in [0.1, 0.15) is 12.5 Å². The van der Waals surface area contributed by atoms with Gasteiger partial charge in [0.1, 0.15) is 6.07 Å². The Balaban J connectivity index is 3.34. The van der Waals surface area contributed by atoms with Crippen molar-refractivity contribution in [1.29, 1.82) is 5.26 Å². The molecular weight excluding hydrogens is 293 g/mol. The van der Waals surface area contributed by atoms with Crippen LogP contribution in [0.2, 0.25) is 0 Å². The molecule has 8 heteroatoms. The summed E-state index contributed by atoms with van der Waals surface area (Å²) in [6.07, 6.45) is -3.35. The lowest BCUT2D eigenvalue weighted by atomic mass is 10.0. The quantitative estimate of drug-likeness (QED) is 0.836. The SMILES string of the molecule is CSc1cccc(NC(C)(C(=O)O)C(F)(F)F)c1C#N. The van der Waals surface area contributed by atoms with Crippen LogP contribution in [0.25, 0.3) is 0 Å². The van der Waals surface area contributed by atoms with Gasteiger partial charge in [0.25, 0.3) is 0 Å². The summed E-state index contributed by atoms with van der Waals surface area (Å²) >= 11 is 1.18. The van der Waals surface area contributed by atoms with Gasteiger partial charge in [0.2, 0.25) is 5.54 Å². The van der Waals surface area contributed by atoms with Crippen LogP contribution in [-0.2, 0) is 4.79 Å². The van der Waals surface area contributed by atoms with Gasteiger partial charge in [-0.3, -0.25) is 0 Å². The highest BCUT2D eigenvalue weighted by molar-refractivity contribution is 7.98. The molecular formula is C12H11F3N2O2S. The Hall–Kier alpha value is -1.88. The van der Waals surface area contributed by atoms with Gasteiger partial charge in [0, 0.05) is 4.90 Å². The molecule has 1 aromatic rings. The molecule has 1 atom stereocenters. The number of thioether (sulfide) groups is 1. The first-order chi connectivity index (χ1) is 9.17. The van der Waals surface area contributed by atoms with E-state index in [4.69, 9.17) is 10.4 Å². The number of nitriles is 1. The zero-order valence-electron chi connectivity index (χ0n) is 10.6. The fourth-order valence-corrected chi connectivity index (χ4v) is 2.01. The fraction of sp³-hybridized carbons (Fsp3) is 0.333. The molecule has 1 rings (SSSR count). The number of carboxylic acid groups (broad SMARTS) is 1. The van der Waals surface area contributed by atoms with Crippen molar-refractivity contribution in [1.82, 2.24) is 0 Å². The fourth-order valence-electron chi connectivity index (χ4n) is 1.44. The molecule has 4 nitrogen and oxygen atoms in total. The number of halogens is 3. The van der Waals surface area contributed by atoms with Crippen LogP contribution in [0, 0.1) is 11.3 Å². The minimum Gasteiger partial charge on any atom is -0.479 e. The lowest BCUT2D eigenvalue weighted by Crippen LogP contribution is -2.55. The van der Waals surface area contributed by atoms with E-state index in [1.54, 1.807) is 18.4 Å². The van der Waals surface area contributed by atoms with Crippen molar-refractivity contribution in [3.05, 3.63) is 23.8 Å². The number of aliphatic carboxylic acids is 1.